The lowest BCUT2D eigenvalue weighted by Crippen LogP contribution is -2.21. The minimum Gasteiger partial charge on any atom is -0.371 e. The summed E-state index contributed by atoms with van der Waals surface area (Å²) in [5.41, 5.74) is 3.32. The van der Waals surface area contributed by atoms with Gasteiger partial charge in [0.25, 0.3) is 0 Å². The van der Waals surface area contributed by atoms with Crippen LogP contribution >= 0.6 is 22.9 Å². The van der Waals surface area contributed by atoms with Crippen LogP contribution in [0.2, 0.25) is 0 Å². The number of hydrogen-bond acceptors (Lipinski definition) is 3. The molecule has 1 aromatic heterocycles. The molecule has 0 fully saturated rings. The molecule has 0 saturated heterocycles. The number of benzene rings is 1. The maximum Gasteiger partial charge on any atom is 0.125 e. The number of rotatable bonds is 6. The molecule has 0 N–H and O–H groups in total. The molecule has 1 aliphatic rings. The predicted molar refractivity (Wildman–Crippen MR) is 86.9 cm³/mol. The highest BCUT2D eigenvalue weighted by molar-refractivity contribution is 7.09. The van der Waals surface area contributed by atoms with Crippen LogP contribution in [0, 0.1) is 5.82 Å². The molecule has 5 heteroatoms. The van der Waals surface area contributed by atoms with Gasteiger partial charge < -0.3 is 4.90 Å². The zero-order chi connectivity index (χ0) is 14.7. The Labute approximate surface area is 133 Å². The Morgan fingerprint density at radius 3 is 3.05 bits per heavy atom. The van der Waals surface area contributed by atoms with Crippen molar-refractivity contribution in [2.24, 2.45) is 0 Å². The zero-order valence-electron chi connectivity index (χ0n) is 11.8. The Balaban J connectivity index is 1.48. The Bertz CT molecular complexity index is 614. The van der Waals surface area contributed by atoms with E-state index in [4.69, 9.17) is 11.6 Å². The summed E-state index contributed by atoms with van der Waals surface area (Å²) in [5.74, 6) is 0.351. The molecule has 21 heavy (non-hydrogen) atoms. The highest BCUT2D eigenvalue weighted by Gasteiger charge is 2.18. The minimum absolute atomic E-state index is 0.142. The molecule has 1 aliphatic heterocycles. The van der Waals surface area contributed by atoms with Gasteiger partial charge in [-0.15, -0.1) is 22.9 Å². The number of hydrogen-bond donors (Lipinski definition) is 0. The third-order valence-electron chi connectivity index (χ3n) is 3.84. The molecule has 0 atom stereocenters. The number of fused-ring (bicyclic) bond motifs is 1. The van der Waals surface area contributed by atoms with E-state index >= 15 is 0 Å². The Morgan fingerprint density at radius 2 is 2.24 bits per heavy atom. The molecule has 0 aliphatic carbocycles. The van der Waals surface area contributed by atoms with E-state index in [1.807, 2.05) is 11.4 Å². The van der Waals surface area contributed by atoms with Crippen LogP contribution in [-0.2, 0) is 18.7 Å². The topological polar surface area (TPSA) is 16.1 Å². The lowest BCUT2D eigenvalue weighted by molar-refractivity contribution is 0.626. The monoisotopic (exact) mass is 324 g/mol. The van der Waals surface area contributed by atoms with Gasteiger partial charge >= 0.3 is 0 Å². The van der Waals surface area contributed by atoms with Crippen molar-refractivity contribution in [1.82, 2.24) is 4.98 Å². The van der Waals surface area contributed by atoms with Gasteiger partial charge in [0.2, 0.25) is 0 Å². The standard InChI is InChI=1S/C16H18ClFN2S/c17-10-14-11-21-16(19-14)3-1-2-7-20-8-6-12-4-5-13(18)9-15(12)20/h4-5,9,11H,1-3,6-8,10H2. The largest absolute Gasteiger partial charge is 0.371 e. The molecule has 0 amide bonds. The van der Waals surface area contributed by atoms with Gasteiger partial charge in [0.1, 0.15) is 5.82 Å². The Hall–Kier alpha value is -1.13. The normalized spacial score (nSPS) is 13.7. The number of aryl methyl sites for hydroxylation is 1. The number of alkyl halides is 1. The maximum absolute atomic E-state index is 13.3. The van der Waals surface area contributed by atoms with Crippen LogP contribution in [0.25, 0.3) is 0 Å². The second-order valence-electron chi connectivity index (χ2n) is 5.33. The molecular weight excluding hydrogens is 307 g/mol. The van der Waals surface area contributed by atoms with Gasteiger partial charge in [0, 0.05) is 24.2 Å². The molecule has 2 aromatic rings. The molecule has 0 saturated carbocycles. The fraction of sp³-hybridized carbons (Fsp3) is 0.438. The average Bonchev–Trinajstić information content (AvgIpc) is 3.10. The van der Waals surface area contributed by atoms with Crippen LogP contribution in [0.4, 0.5) is 10.1 Å². The van der Waals surface area contributed by atoms with Gasteiger partial charge in [-0.1, -0.05) is 6.07 Å². The van der Waals surface area contributed by atoms with E-state index < -0.39 is 0 Å². The van der Waals surface area contributed by atoms with Gasteiger partial charge in [0.05, 0.1) is 16.6 Å². The lowest BCUT2D eigenvalue weighted by atomic mass is 10.1. The van der Waals surface area contributed by atoms with Crippen molar-refractivity contribution in [3.8, 4) is 0 Å². The van der Waals surface area contributed by atoms with Crippen LogP contribution in [0.3, 0.4) is 0 Å². The maximum atomic E-state index is 13.3. The molecule has 2 heterocycles. The van der Waals surface area contributed by atoms with Crippen molar-refractivity contribution in [3.05, 3.63) is 45.7 Å². The van der Waals surface area contributed by atoms with Crippen molar-refractivity contribution >= 4 is 28.6 Å². The minimum atomic E-state index is -0.142. The summed E-state index contributed by atoms with van der Waals surface area (Å²) in [6, 6.07) is 5.13. The number of unbranched alkanes of at least 4 members (excludes halogenated alkanes) is 1. The summed E-state index contributed by atoms with van der Waals surface area (Å²) in [6.07, 6.45) is 4.24. The van der Waals surface area contributed by atoms with Gasteiger partial charge in [-0.3, -0.25) is 0 Å². The smallest absolute Gasteiger partial charge is 0.125 e. The van der Waals surface area contributed by atoms with Crippen LogP contribution in [0.15, 0.2) is 23.6 Å². The number of aromatic nitrogens is 1. The summed E-state index contributed by atoms with van der Waals surface area (Å²) in [7, 11) is 0. The fourth-order valence-corrected chi connectivity index (χ4v) is 3.82. The summed E-state index contributed by atoms with van der Waals surface area (Å²) in [6.45, 7) is 2.00. The highest BCUT2D eigenvalue weighted by Crippen LogP contribution is 2.28. The van der Waals surface area contributed by atoms with Crippen molar-refractivity contribution < 1.29 is 4.39 Å². The molecular formula is C16H18ClFN2S. The number of nitrogens with zero attached hydrogens (tertiary/aromatic N) is 2. The van der Waals surface area contributed by atoms with Crippen molar-refractivity contribution in [2.45, 2.75) is 31.6 Å². The van der Waals surface area contributed by atoms with Crippen LogP contribution in [0.5, 0.6) is 0 Å². The van der Waals surface area contributed by atoms with E-state index in [1.54, 1.807) is 23.5 Å². The van der Waals surface area contributed by atoms with E-state index in [1.165, 1.54) is 10.6 Å². The van der Waals surface area contributed by atoms with Crippen LogP contribution in [-0.4, -0.2) is 18.1 Å². The Kier molecular flexibility index (Phi) is 4.76. The van der Waals surface area contributed by atoms with Crippen LogP contribution in [0.1, 0.15) is 29.1 Å². The van der Waals surface area contributed by atoms with Gasteiger partial charge in [-0.2, -0.15) is 0 Å². The van der Waals surface area contributed by atoms with E-state index in [0.717, 1.165) is 50.2 Å². The highest BCUT2D eigenvalue weighted by atomic mass is 35.5. The van der Waals surface area contributed by atoms with Gasteiger partial charge in [-0.05, 0) is 43.4 Å². The van der Waals surface area contributed by atoms with E-state index in [2.05, 4.69) is 9.88 Å². The van der Waals surface area contributed by atoms with Crippen molar-refractivity contribution in [3.63, 3.8) is 0 Å². The van der Waals surface area contributed by atoms with Crippen molar-refractivity contribution in [1.29, 1.82) is 0 Å². The summed E-state index contributed by atoms with van der Waals surface area (Å²) < 4.78 is 13.3. The van der Waals surface area contributed by atoms with Crippen molar-refractivity contribution in [2.75, 3.05) is 18.0 Å². The number of thiazole rings is 1. The first-order valence-corrected chi connectivity index (χ1v) is 8.70. The van der Waals surface area contributed by atoms with E-state index in [9.17, 15) is 4.39 Å². The summed E-state index contributed by atoms with van der Waals surface area (Å²) in [5, 5.41) is 3.19. The molecule has 3 rings (SSSR count). The first kappa shape index (κ1) is 14.8. The fourth-order valence-electron chi connectivity index (χ4n) is 2.75. The van der Waals surface area contributed by atoms with E-state index in [-0.39, 0.29) is 5.82 Å². The molecule has 0 spiro atoms. The molecule has 2 nitrogen and oxygen atoms in total. The van der Waals surface area contributed by atoms with E-state index in [0.29, 0.717) is 5.88 Å². The molecule has 1 aromatic carbocycles. The average molecular weight is 325 g/mol. The first-order valence-electron chi connectivity index (χ1n) is 7.29. The first-order chi connectivity index (χ1) is 10.3. The molecule has 0 radical (unpaired) electrons. The summed E-state index contributed by atoms with van der Waals surface area (Å²) in [4.78, 5) is 6.77. The lowest BCUT2D eigenvalue weighted by Gasteiger charge is -2.19. The molecule has 112 valence electrons. The zero-order valence-corrected chi connectivity index (χ0v) is 13.4. The second kappa shape index (κ2) is 6.75. The SMILES string of the molecule is Fc1ccc2c(c1)N(CCCCc1nc(CCl)cs1)CC2. The predicted octanol–water partition coefficient (Wildman–Crippen LogP) is 4.41. The van der Waals surface area contributed by atoms with Gasteiger partial charge in [-0.25, -0.2) is 9.37 Å². The number of anilines is 1. The second-order valence-corrected chi connectivity index (χ2v) is 6.54. The summed E-state index contributed by atoms with van der Waals surface area (Å²) >= 11 is 7.44. The van der Waals surface area contributed by atoms with Crippen LogP contribution < -0.4 is 4.90 Å². The third-order valence-corrected chi connectivity index (χ3v) is 5.08. The molecule has 0 bridgehead atoms. The van der Waals surface area contributed by atoms with Gasteiger partial charge in [0.15, 0.2) is 0 Å². The quantitative estimate of drug-likeness (QED) is 0.578. The molecule has 0 unspecified atom stereocenters. The third kappa shape index (κ3) is 3.55. The number of halogens is 2. The Morgan fingerprint density at radius 1 is 1.33 bits per heavy atom.